The van der Waals surface area contributed by atoms with E-state index in [1.54, 1.807) is 47.2 Å². The highest BCUT2D eigenvalue weighted by Crippen LogP contribution is 2.37. The molecule has 4 rings (SSSR count). The lowest BCUT2D eigenvalue weighted by atomic mass is 10.1. The van der Waals surface area contributed by atoms with Crippen molar-refractivity contribution in [1.29, 1.82) is 0 Å². The maximum absolute atomic E-state index is 13.4. The van der Waals surface area contributed by atoms with E-state index in [1.807, 2.05) is 25.8 Å². The van der Waals surface area contributed by atoms with Crippen LogP contribution in [0, 0.1) is 0 Å². The number of anilines is 1. The number of pyridine rings is 1. The minimum absolute atomic E-state index is 0.190. The number of aromatic nitrogens is 3. The molecule has 2 aliphatic rings. The van der Waals surface area contributed by atoms with Gasteiger partial charge in [-0.15, -0.1) is 0 Å². The van der Waals surface area contributed by atoms with Gasteiger partial charge in [0.25, 0.3) is 5.91 Å². The predicted octanol–water partition coefficient (Wildman–Crippen LogP) is 0.557. The number of rotatable bonds is 2. The molecule has 0 aromatic carbocycles. The standard InChI is InChI=1S/C18H24N6O3S/c1-12(2)24-15-11-23(18(25)13-7-9-21(3)20-13)10-14(15)22(4)17-16(28(24,26)27)6-5-8-19-17/h5-9,12,14-15H,10-11H2,1-4H3/t14-,15-/m0/s1. The third kappa shape index (κ3) is 2.78. The van der Waals surface area contributed by atoms with Crippen LogP contribution in [0.2, 0.25) is 0 Å². The van der Waals surface area contributed by atoms with Crippen LogP contribution in [0.4, 0.5) is 5.82 Å². The first-order chi connectivity index (χ1) is 13.2. The first-order valence-electron chi connectivity index (χ1n) is 9.22. The lowest BCUT2D eigenvalue weighted by Crippen LogP contribution is -2.52. The summed E-state index contributed by atoms with van der Waals surface area (Å²) in [5.41, 5.74) is 0.360. The van der Waals surface area contributed by atoms with Crippen LogP contribution in [-0.2, 0) is 17.1 Å². The van der Waals surface area contributed by atoms with Crippen LogP contribution >= 0.6 is 0 Å². The summed E-state index contributed by atoms with van der Waals surface area (Å²) in [7, 11) is -0.141. The molecular formula is C18H24N6O3S. The quantitative estimate of drug-likeness (QED) is 0.726. The maximum atomic E-state index is 13.4. The van der Waals surface area contributed by atoms with Gasteiger partial charge in [0, 0.05) is 45.6 Å². The number of likely N-dealkylation sites (tertiary alicyclic amines) is 1. The molecule has 2 aromatic rings. The van der Waals surface area contributed by atoms with Gasteiger partial charge in [0.1, 0.15) is 16.4 Å². The van der Waals surface area contributed by atoms with E-state index in [2.05, 4.69) is 10.1 Å². The number of likely N-dealkylation sites (N-methyl/N-ethyl adjacent to an activating group) is 1. The van der Waals surface area contributed by atoms with Crippen molar-refractivity contribution in [3.8, 4) is 0 Å². The maximum Gasteiger partial charge on any atom is 0.274 e. The summed E-state index contributed by atoms with van der Waals surface area (Å²) >= 11 is 0. The summed E-state index contributed by atoms with van der Waals surface area (Å²) in [5, 5.41) is 4.20. The normalized spacial score (nSPS) is 24.2. The zero-order chi connectivity index (χ0) is 20.2. The summed E-state index contributed by atoms with van der Waals surface area (Å²) in [4.78, 5) is 21.1. The molecule has 0 radical (unpaired) electrons. The highest BCUT2D eigenvalue weighted by Gasteiger charge is 2.50. The van der Waals surface area contributed by atoms with Crippen molar-refractivity contribution in [3.63, 3.8) is 0 Å². The molecule has 1 amide bonds. The first kappa shape index (κ1) is 18.9. The monoisotopic (exact) mass is 404 g/mol. The van der Waals surface area contributed by atoms with Gasteiger partial charge in [0.2, 0.25) is 10.0 Å². The zero-order valence-electron chi connectivity index (χ0n) is 16.3. The number of carbonyl (C=O) groups is 1. The van der Waals surface area contributed by atoms with Crippen LogP contribution in [0.5, 0.6) is 0 Å². The molecule has 4 heterocycles. The van der Waals surface area contributed by atoms with Crippen LogP contribution in [0.3, 0.4) is 0 Å². The molecule has 28 heavy (non-hydrogen) atoms. The summed E-state index contributed by atoms with van der Waals surface area (Å²) in [6.45, 7) is 4.44. The molecule has 150 valence electrons. The van der Waals surface area contributed by atoms with Gasteiger partial charge in [-0.25, -0.2) is 13.4 Å². The van der Waals surface area contributed by atoms with Crippen molar-refractivity contribution < 1.29 is 13.2 Å². The van der Waals surface area contributed by atoms with Crippen LogP contribution in [0.15, 0.2) is 35.5 Å². The Morgan fingerprint density at radius 2 is 1.89 bits per heavy atom. The number of amides is 1. The van der Waals surface area contributed by atoms with Gasteiger partial charge in [-0.05, 0) is 32.0 Å². The molecule has 0 saturated carbocycles. The molecule has 0 N–H and O–H groups in total. The summed E-state index contributed by atoms with van der Waals surface area (Å²) < 4.78 is 30.0. The third-order valence-electron chi connectivity index (χ3n) is 5.45. The molecule has 0 unspecified atom stereocenters. The van der Waals surface area contributed by atoms with E-state index < -0.39 is 10.0 Å². The van der Waals surface area contributed by atoms with Crippen molar-refractivity contribution in [2.24, 2.45) is 7.05 Å². The van der Waals surface area contributed by atoms with Gasteiger partial charge in [0.05, 0.1) is 12.1 Å². The number of aryl methyl sites for hydroxylation is 1. The topological polar surface area (TPSA) is 91.6 Å². The molecule has 0 bridgehead atoms. The summed E-state index contributed by atoms with van der Waals surface area (Å²) in [6.07, 6.45) is 3.31. The Balaban J connectivity index is 1.77. The molecule has 0 spiro atoms. The molecule has 1 saturated heterocycles. The minimum Gasteiger partial charge on any atom is -0.352 e. The van der Waals surface area contributed by atoms with Crippen molar-refractivity contribution >= 4 is 21.7 Å². The van der Waals surface area contributed by atoms with E-state index >= 15 is 0 Å². The van der Waals surface area contributed by atoms with E-state index in [-0.39, 0.29) is 28.9 Å². The second kappa shape index (κ2) is 6.56. The fourth-order valence-electron chi connectivity index (χ4n) is 4.21. The lowest BCUT2D eigenvalue weighted by Gasteiger charge is -2.33. The number of sulfonamides is 1. The SMILES string of the molecule is CC(C)N1[C@H]2CN(C(=O)c3ccn(C)n3)C[C@@H]2N(C)c2ncccc2S1(=O)=O. The van der Waals surface area contributed by atoms with E-state index in [9.17, 15) is 13.2 Å². The molecule has 2 atom stereocenters. The summed E-state index contributed by atoms with van der Waals surface area (Å²) in [6, 6.07) is 4.11. The van der Waals surface area contributed by atoms with Crippen molar-refractivity contribution in [2.75, 3.05) is 25.0 Å². The lowest BCUT2D eigenvalue weighted by molar-refractivity contribution is 0.0775. The van der Waals surface area contributed by atoms with Crippen LogP contribution in [0.25, 0.3) is 0 Å². The minimum atomic E-state index is -3.74. The highest BCUT2D eigenvalue weighted by molar-refractivity contribution is 7.89. The van der Waals surface area contributed by atoms with E-state index in [0.717, 1.165) is 0 Å². The van der Waals surface area contributed by atoms with Gasteiger partial charge in [-0.3, -0.25) is 9.48 Å². The zero-order valence-corrected chi connectivity index (χ0v) is 17.2. The Bertz CT molecular complexity index is 1020. The van der Waals surface area contributed by atoms with Crippen LogP contribution in [-0.4, -0.2) is 76.6 Å². The van der Waals surface area contributed by atoms with Crippen molar-refractivity contribution in [3.05, 3.63) is 36.3 Å². The van der Waals surface area contributed by atoms with Gasteiger partial charge in [0.15, 0.2) is 0 Å². The van der Waals surface area contributed by atoms with Gasteiger partial charge in [-0.1, -0.05) is 0 Å². The van der Waals surface area contributed by atoms with Gasteiger partial charge < -0.3 is 9.80 Å². The second-order valence-corrected chi connectivity index (χ2v) is 9.40. The van der Waals surface area contributed by atoms with E-state index in [4.69, 9.17) is 0 Å². The Kier molecular flexibility index (Phi) is 4.42. The Hall–Kier alpha value is -2.46. The Morgan fingerprint density at radius 3 is 2.54 bits per heavy atom. The fraction of sp³-hybridized carbons (Fsp3) is 0.500. The highest BCUT2D eigenvalue weighted by atomic mass is 32.2. The Morgan fingerprint density at radius 1 is 1.18 bits per heavy atom. The molecule has 2 aromatic heterocycles. The number of fused-ring (bicyclic) bond motifs is 2. The smallest absolute Gasteiger partial charge is 0.274 e. The number of carbonyl (C=O) groups excluding carboxylic acids is 1. The predicted molar refractivity (Wildman–Crippen MR) is 103 cm³/mol. The molecular weight excluding hydrogens is 380 g/mol. The average molecular weight is 404 g/mol. The average Bonchev–Trinajstić information content (AvgIpc) is 3.25. The van der Waals surface area contributed by atoms with Crippen LogP contribution in [0.1, 0.15) is 24.3 Å². The van der Waals surface area contributed by atoms with Crippen molar-refractivity contribution in [1.82, 2.24) is 24.0 Å². The Labute approximate surface area is 164 Å². The summed E-state index contributed by atoms with van der Waals surface area (Å²) in [5.74, 6) is 0.234. The number of nitrogens with zero attached hydrogens (tertiary/aromatic N) is 6. The van der Waals surface area contributed by atoms with Crippen LogP contribution < -0.4 is 4.90 Å². The molecule has 0 aliphatic carbocycles. The van der Waals surface area contributed by atoms with E-state index in [0.29, 0.717) is 24.6 Å². The second-order valence-electron chi connectivity index (χ2n) is 7.58. The molecule has 2 aliphatic heterocycles. The molecule has 10 heteroatoms. The van der Waals surface area contributed by atoms with Crippen molar-refractivity contribution in [2.45, 2.75) is 36.9 Å². The first-order valence-corrected chi connectivity index (χ1v) is 10.7. The third-order valence-corrected chi connectivity index (χ3v) is 7.57. The molecule has 9 nitrogen and oxygen atoms in total. The fourth-order valence-corrected chi connectivity index (χ4v) is 6.24. The molecule has 1 fully saturated rings. The van der Waals surface area contributed by atoms with E-state index in [1.165, 1.54) is 4.31 Å². The number of hydrogen-bond acceptors (Lipinski definition) is 6. The van der Waals surface area contributed by atoms with Gasteiger partial charge >= 0.3 is 0 Å². The number of hydrogen-bond donors (Lipinski definition) is 0. The largest absolute Gasteiger partial charge is 0.352 e. The van der Waals surface area contributed by atoms with Gasteiger partial charge in [-0.2, -0.15) is 9.40 Å².